The Morgan fingerprint density at radius 3 is 2.26 bits per heavy atom. The molecule has 1 heterocycles. The molecule has 2 aromatic carbocycles. The Morgan fingerprint density at radius 2 is 1.42 bits per heavy atom. The van der Waals surface area contributed by atoms with E-state index in [0.29, 0.717) is 5.56 Å². The quantitative estimate of drug-likeness (QED) is 0.519. The lowest BCUT2D eigenvalue weighted by Crippen LogP contribution is -2.16. The van der Waals surface area contributed by atoms with Crippen LogP contribution in [-0.2, 0) is 0 Å². The first-order chi connectivity index (χ1) is 9.27. The van der Waals surface area contributed by atoms with E-state index in [0.717, 1.165) is 22.0 Å². The van der Waals surface area contributed by atoms with Gasteiger partial charge in [0.2, 0.25) is 0 Å². The molecule has 0 spiro atoms. The largest absolute Gasteiger partial charge is 0.321 e. The lowest BCUT2D eigenvalue weighted by atomic mass is 10.0. The number of rotatable bonds is 0. The summed E-state index contributed by atoms with van der Waals surface area (Å²) in [5.41, 5.74) is 2.94. The zero-order chi connectivity index (χ0) is 13.0. The second kappa shape index (κ2) is 3.42. The van der Waals surface area contributed by atoms with E-state index in [2.05, 4.69) is 4.98 Å². The molecule has 0 saturated heterocycles. The van der Waals surface area contributed by atoms with E-state index in [1.165, 1.54) is 0 Å². The number of carbonyl (C=O) groups is 1. The van der Waals surface area contributed by atoms with Crippen LogP contribution in [-0.4, -0.2) is 10.8 Å². The minimum Gasteiger partial charge on any atom is -0.321 e. The standard InChI is InChI=1S/C16H9NO2/c18-15-10-6-2-1-5-9(10)13-11-7-3-4-8-12(11)17-16(19)14(13)15/h1-8H,(H,17,19). The van der Waals surface area contributed by atoms with Crippen LogP contribution >= 0.6 is 0 Å². The number of hydrogen-bond donors (Lipinski definition) is 1. The molecule has 1 aliphatic rings. The first-order valence-corrected chi connectivity index (χ1v) is 6.06. The SMILES string of the molecule is O=C1c2ccccc2-c2c1c(=O)[nH]c1ccccc21. The lowest BCUT2D eigenvalue weighted by Gasteiger charge is -2.04. The smallest absolute Gasteiger partial charge is 0.260 e. The third-order valence-corrected chi connectivity index (χ3v) is 3.59. The highest BCUT2D eigenvalue weighted by Gasteiger charge is 2.30. The zero-order valence-corrected chi connectivity index (χ0v) is 9.94. The van der Waals surface area contributed by atoms with Crippen LogP contribution in [0.3, 0.4) is 0 Å². The molecule has 0 atom stereocenters. The predicted molar refractivity (Wildman–Crippen MR) is 73.4 cm³/mol. The van der Waals surface area contributed by atoms with Gasteiger partial charge in [-0.2, -0.15) is 0 Å². The molecule has 0 aliphatic heterocycles. The van der Waals surface area contributed by atoms with Gasteiger partial charge in [0.15, 0.2) is 5.78 Å². The van der Waals surface area contributed by atoms with Crippen LogP contribution in [0.2, 0.25) is 0 Å². The summed E-state index contributed by atoms with van der Waals surface area (Å²) < 4.78 is 0. The Labute approximate surface area is 108 Å². The van der Waals surface area contributed by atoms with Gasteiger partial charge in [-0.15, -0.1) is 0 Å². The third kappa shape index (κ3) is 1.21. The van der Waals surface area contributed by atoms with Gasteiger partial charge in [0, 0.05) is 22.0 Å². The number of para-hydroxylation sites is 1. The molecule has 1 N–H and O–H groups in total. The first kappa shape index (κ1) is 10.3. The van der Waals surface area contributed by atoms with Gasteiger partial charge in [-0.1, -0.05) is 42.5 Å². The molecule has 0 saturated carbocycles. The summed E-state index contributed by atoms with van der Waals surface area (Å²) in [6, 6.07) is 14.9. The fourth-order valence-corrected chi connectivity index (χ4v) is 2.77. The fourth-order valence-electron chi connectivity index (χ4n) is 2.77. The molecule has 19 heavy (non-hydrogen) atoms. The van der Waals surface area contributed by atoms with Crippen molar-refractivity contribution >= 4 is 16.7 Å². The van der Waals surface area contributed by atoms with Crippen molar-refractivity contribution in [2.24, 2.45) is 0 Å². The van der Waals surface area contributed by atoms with Crippen LogP contribution in [0.25, 0.3) is 22.0 Å². The maximum atomic E-state index is 12.3. The Morgan fingerprint density at radius 1 is 0.737 bits per heavy atom. The van der Waals surface area contributed by atoms with E-state index >= 15 is 0 Å². The fraction of sp³-hybridized carbons (Fsp3) is 0. The van der Waals surface area contributed by atoms with Crippen LogP contribution in [0.15, 0.2) is 53.3 Å². The molecule has 0 amide bonds. The van der Waals surface area contributed by atoms with Gasteiger partial charge in [0.05, 0.1) is 5.56 Å². The van der Waals surface area contributed by atoms with Gasteiger partial charge in [-0.25, -0.2) is 0 Å². The van der Waals surface area contributed by atoms with Crippen molar-refractivity contribution in [3.8, 4) is 11.1 Å². The van der Waals surface area contributed by atoms with Gasteiger partial charge in [0.25, 0.3) is 5.56 Å². The highest BCUT2D eigenvalue weighted by Crippen LogP contribution is 2.38. The molecular weight excluding hydrogens is 238 g/mol. The molecule has 1 aliphatic carbocycles. The number of benzene rings is 2. The summed E-state index contributed by atoms with van der Waals surface area (Å²) in [5, 5.41) is 0.912. The van der Waals surface area contributed by atoms with Crippen molar-refractivity contribution in [3.63, 3.8) is 0 Å². The highest BCUT2D eigenvalue weighted by atomic mass is 16.1. The number of carbonyl (C=O) groups excluding carboxylic acids is 1. The summed E-state index contributed by atoms with van der Waals surface area (Å²) in [7, 11) is 0. The molecular formula is C16H9NO2. The molecule has 0 radical (unpaired) electrons. The summed E-state index contributed by atoms with van der Waals surface area (Å²) in [5.74, 6) is -0.183. The average Bonchev–Trinajstić information content (AvgIpc) is 2.74. The van der Waals surface area contributed by atoms with Crippen LogP contribution in [0.1, 0.15) is 15.9 Å². The van der Waals surface area contributed by atoms with Crippen LogP contribution in [0, 0.1) is 0 Å². The monoisotopic (exact) mass is 247 g/mol. The Hall–Kier alpha value is -2.68. The van der Waals surface area contributed by atoms with E-state index < -0.39 is 0 Å². The van der Waals surface area contributed by atoms with Crippen molar-refractivity contribution < 1.29 is 4.79 Å². The molecule has 0 fully saturated rings. The van der Waals surface area contributed by atoms with Crippen molar-refractivity contribution in [2.45, 2.75) is 0 Å². The lowest BCUT2D eigenvalue weighted by molar-refractivity contribution is 0.104. The maximum absolute atomic E-state index is 12.3. The van der Waals surface area contributed by atoms with E-state index in [9.17, 15) is 9.59 Å². The second-order valence-electron chi connectivity index (χ2n) is 4.62. The van der Waals surface area contributed by atoms with E-state index in [-0.39, 0.29) is 16.9 Å². The number of aromatic nitrogens is 1. The normalized spacial score (nSPS) is 12.5. The van der Waals surface area contributed by atoms with Crippen molar-refractivity contribution in [1.82, 2.24) is 4.98 Å². The molecule has 0 bridgehead atoms. The Bertz CT molecular complexity index is 906. The molecule has 90 valence electrons. The first-order valence-electron chi connectivity index (χ1n) is 6.06. The van der Waals surface area contributed by atoms with Gasteiger partial charge in [-0.3, -0.25) is 9.59 Å². The number of pyridine rings is 1. The van der Waals surface area contributed by atoms with Gasteiger partial charge in [-0.05, 0) is 11.6 Å². The predicted octanol–water partition coefficient (Wildman–Crippen LogP) is 2.74. The van der Waals surface area contributed by atoms with E-state index in [1.807, 2.05) is 42.5 Å². The third-order valence-electron chi connectivity index (χ3n) is 3.59. The molecule has 3 aromatic rings. The number of aromatic amines is 1. The van der Waals surface area contributed by atoms with Crippen molar-refractivity contribution in [3.05, 3.63) is 70.0 Å². The summed E-state index contributed by atoms with van der Waals surface area (Å²) >= 11 is 0. The number of fused-ring (bicyclic) bond motifs is 5. The number of hydrogen-bond acceptors (Lipinski definition) is 2. The van der Waals surface area contributed by atoms with Crippen LogP contribution in [0.5, 0.6) is 0 Å². The van der Waals surface area contributed by atoms with Crippen molar-refractivity contribution in [2.75, 3.05) is 0 Å². The van der Waals surface area contributed by atoms with Gasteiger partial charge >= 0.3 is 0 Å². The molecule has 0 unspecified atom stereocenters. The molecule has 1 aromatic heterocycles. The van der Waals surface area contributed by atoms with Crippen molar-refractivity contribution in [1.29, 1.82) is 0 Å². The Kier molecular flexibility index (Phi) is 1.85. The summed E-state index contributed by atoms with van der Waals surface area (Å²) in [6.45, 7) is 0. The summed E-state index contributed by atoms with van der Waals surface area (Å²) in [4.78, 5) is 27.2. The molecule has 4 rings (SSSR count). The van der Waals surface area contributed by atoms with Crippen LogP contribution in [0.4, 0.5) is 0 Å². The average molecular weight is 247 g/mol. The Balaban J connectivity index is 2.29. The molecule has 3 heteroatoms. The van der Waals surface area contributed by atoms with Gasteiger partial charge < -0.3 is 4.98 Å². The number of ketones is 1. The maximum Gasteiger partial charge on any atom is 0.260 e. The minimum absolute atomic E-state index is 0.183. The zero-order valence-electron chi connectivity index (χ0n) is 9.94. The van der Waals surface area contributed by atoms with Crippen LogP contribution < -0.4 is 5.56 Å². The molecule has 3 nitrogen and oxygen atoms in total. The van der Waals surface area contributed by atoms with E-state index in [4.69, 9.17) is 0 Å². The second-order valence-corrected chi connectivity index (χ2v) is 4.62. The van der Waals surface area contributed by atoms with E-state index in [1.54, 1.807) is 6.07 Å². The number of H-pyrrole nitrogens is 1. The topological polar surface area (TPSA) is 49.9 Å². The minimum atomic E-state index is -0.310. The van der Waals surface area contributed by atoms with Gasteiger partial charge in [0.1, 0.15) is 0 Å². The number of nitrogens with one attached hydrogen (secondary N) is 1. The highest BCUT2D eigenvalue weighted by molar-refractivity contribution is 6.25. The summed E-state index contributed by atoms with van der Waals surface area (Å²) in [6.07, 6.45) is 0.